The third-order valence-electron chi connectivity index (χ3n) is 1.18. The van der Waals surface area contributed by atoms with Crippen molar-refractivity contribution in [2.75, 3.05) is 0 Å². The molecule has 1 aliphatic carbocycles. The minimum atomic E-state index is -1.23. The summed E-state index contributed by atoms with van der Waals surface area (Å²) in [7, 11) is 0. The Balaban J connectivity index is 0.000000255. The summed E-state index contributed by atoms with van der Waals surface area (Å²) in [5.74, 6) is -1.43. The van der Waals surface area contributed by atoms with Gasteiger partial charge in [0.1, 0.15) is 6.10 Å². The summed E-state index contributed by atoms with van der Waals surface area (Å²) in [4.78, 5) is 30.0. The maximum Gasteiger partial charge on any atom is 0.332 e. The fourth-order valence-electron chi connectivity index (χ4n) is 0.440. The van der Waals surface area contributed by atoms with Gasteiger partial charge in [0.25, 0.3) is 0 Å². The number of carboxylic acids is 1. The Hall–Kier alpha value is -1.75. The fraction of sp³-hybridized carbons (Fsp3) is 0.222. The van der Waals surface area contributed by atoms with Crippen molar-refractivity contribution in [3.8, 4) is 0 Å². The summed E-state index contributed by atoms with van der Waals surface area (Å²) in [6, 6.07) is 0. The summed E-state index contributed by atoms with van der Waals surface area (Å²) in [6.07, 6.45) is 3.78. The van der Waals surface area contributed by atoms with Crippen LogP contribution in [0, 0.1) is 0 Å². The minimum Gasteiger partial charge on any atom is -0.479 e. The molecule has 0 saturated carbocycles. The number of aliphatic hydroxyl groups is 1. The van der Waals surface area contributed by atoms with Gasteiger partial charge < -0.3 is 10.2 Å². The highest BCUT2D eigenvalue weighted by molar-refractivity contribution is 6.14. The van der Waals surface area contributed by atoms with Crippen LogP contribution >= 0.6 is 0 Å². The Labute approximate surface area is 80.4 Å². The zero-order valence-electron chi connectivity index (χ0n) is 7.51. The molecule has 0 bridgehead atoms. The van der Waals surface area contributed by atoms with Crippen molar-refractivity contribution in [2.24, 2.45) is 0 Å². The van der Waals surface area contributed by atoms with Crippen LogP contribution in [0.3, 0.4) is 0 Å². The quantitative estimate of drug-likeness (QED) is 0.564. The molecule has 0 saturated heterocycles. The van der Waals surface area contributed by atoms with Crippen molar-refractivity contribution in [1.29, 1.82) is 0 Å². The van der Waals surface area contributed by atoms with Gasteiger partial charge in [-0.25, -0.2) is 4.79 Å². The molecule has 1 aliphatic rings. The molecule has 0 fully saturated rings. The molecule has 0 aromatic rings. The lowest BCUT2D eigenvalue weighted by Crippen LogP contribution is -2.13. The van der Waals surface area contributed by atoms with Gasteiger partial charge in [-0.2, -0.15) is 0 Å². The van der Waals surface area contributed by atoms with Crippen molar-refractivity contribution in [3.05, 3.63) is 24.3 Å². The largest absolute Gasteiger partial charge is 0.479 e. The number of hydrogen-bond acceptors (Lipinski definition) is 4. The first kappa shape index (κ1) is 12.2. The molecule has 2 N–H and O–H groups in total. The van der Waals surface area contributed by atoms with Crippen LogP contribution in [0.15, 0.2) is 24.3 Å². The van der Waals surface area contributed by atoms with E-state index in [1.807, 2.05) is 0 Å². The first-order chi connectivity index (χ1) is 6.43. The van der Waals surface area contributed by atoms with Crippen LogP contribution in [0.25, 0.3) is 0 Å². The predicted octanol–water partition coefficient (Wildman–Crippen LogP) is -0.298. The summed E-state index contributed by atoms with van der Waals surface area (Å²) >= 11 is 0. The molecule has 0 aliphatic heterocycles. The molecule has 0 amide bonds. The lowest BCUT2D eigenvalue weighted by atomic mass is 10.2. The smallest absolute Gasteiger partial charge is 0.332 e. The van der Waals surface area contributed by atoms with Crippen molar-refractivity contribution in [3.63, 3.8) is 0 Å². The van der Waals surface area contributed by atoms with E-state index in [9.17, 15) is 14.4 Å². The molecule has 14 heavy (non-hydrogen) atoms. The zero-order valence-corrected chi connectivity index (χ0v) is 7.51. The second-order valence-corrected chi connectivity index (χ2v) is 2.49. The van der Waals surface area contributed by atoms with E-state index in [4.69, 9.17) is 10.2 Å². The molecule has 0 radical (unpaired) electrons. The molecule has 0 spiro atoms. The van der Waals surface area contributed by atoms with E-state index in [-0.39, 0.29) is 11.6 Å². The van der Waals surface area contributed by atoms with E-state index in [1.165, 1.54) is 31.2 Å². The molecule has 1 unspecified atom stereocenters. The fourth-order valence-corrected chi connectivity index (χ4v) is 0.440. The third kappa shape index (κ3) is 5.84. The van der Waals surface area contributed by atoms with E-state index in [1.54, 1.807) is 0 Å². The van der Waals surface area contributed by atoms with Crippen LogP contribution in [0.4, 0.5) is 0 Å². The van der Waals surface area contributed by atoms with Gasteiger partial charge in [-0.05, 0) is 31.2 Å². The Bertz CT molecular complexity index is 260. The Morgan fingerprint density at radius 1 is 1.14 bits per heavy atom. The van der Waals surface area contributed by atoms with Gasteiger partial charge in [0, 0.05) is 0 Å². The maximum absolute atomic E-state index is 10.3. The Kier molecular flexibility index (Phi) is 5.09. The average Bonchev–Trinajstić information content (AvgIpc) is 2.11. The molecular weight excluding hydrogens is 188 g/mol. The normalized spacial score (nSPS) is 15.9. The number of aliphatic hydroxyl groups excluding tert-OH is 1. The van der Waals surface area contributed by atoms with E-state index < -0.39 is 12.1 Å². The topological polar surface area (TPSA) is 91.7 Å². The van der Waals surface area contributed by atoms with Crippen LogP contribution in [0.5, 0.6) is 0 Å². The summed E-state index contributed by atoms with van der Waals surface area (Å²) < 4.78 is 0. The average molecular weight is 198 g/mol. The van der Waals surface area contributed by atoms with Crippen LogP contribution in [0.1, 0.15) is 6.92 Å². The lowest BCUT2D eigenvalue weighted by Gasteiger charge is -1.89. The molecule has 76 valence electrons. The monoisotopic (exact) mass is 198 g/mol. The van der Waals surface area contributed by atoms with Crippen LogP contribution in [0.2, 0.25) is 0 Å². The van der Waals surface area contributed by atoms with Crippen LogP contribution in [-0.4, -0.2) is 33.9 Å². The number of carbonyl (C=O) groups excluding carboxylic acids is 2. The molecular formula is C9H10O5. The van der Waals surface area contributed by atoms with Crippen molar-refractivity contribution < 1.29 is 24.6 Å². The van der Waals surface area contributed by atoms with Gasteiger partial charge >= 0.3 is 5.97 Å². The molecule has 1 rings (SSSR count). The summed E-state index contributed by atoms with van der Waals surface area (Å²) in [5.41, 5.74) is 0. The van der Waals surface area contributed by atoms with Gasteiger partial charge in [0.2, 0.25) is 0 Å². The SMILES string of the molecule is CC(O)C(=O)O.O=C1C=CC(=O)C=C1. The standard InChI is InChI=1S/C6H4O2.C3H6O3/c7-5-1-2-6(8)4-3-5;1-2(4)3(5)6/h1-4H;2,4H,1H3,(H,5,6). The summed E-state index contributed by atoms with van der Waals surface area (Å²) in [5, 5.41) is 15.8. The molecule has 5 nitrogen and oxygen atoms in total. The number of allylic oxidation sites excluding steroid dienone is 4. The minimum absolute atomic E-state index is 0.121. The van der Waals surface area contributed by atoms with Crippen LogP contribution < -0.4 is 0 Å². The highest BCUT2D eigenvalue weighted by atomic mass is 16.4. The van der Waals surface area contributed by atoms with Gasteiger partial charge in [-0.15, -0.1) is 0 Å². The number of carboxylic acid groups (broad SMARTS) is 1. The predicted molar refractivity (Wildman–Crippen MR) is 47.6 cm³/mol. The summed E-state index contributed by atoms with van der Waals surface area (Å²) in [6.45, 7) is 1.20. The Morgan fingerprint density at radius 2 is 1.36 bits per heavy atom. The number of rotatable bonds is 1. The Morgan fingerprint density at radius 3 is 1.50 bits per heavy atom. The van der Waals surface area contributed by atoms with Gasteiger partial charge in [-0.1, -0.05) is 0 Å². The first-order valence-electron chi connectivity index (χ1n) is 3.78. The van der Waals surface area contributed by atoms with E-state index in [0.29, 0.717) is 0 Å². The van der Waals surface area contributed by atoms with Crippen LogP contribution in [-0.2, 0) is 14.4 Å². The molecule has 0 aromatic heterocycles. The van der Waals surface area contributed by atoms with Gasteiger partial charge in [0.15, 0.2) is 11.6 Å². The van der Waals surface area contributed by atoms with E-state index in [0.717, 1.165) is 0 Å². The molecule has 0 heterocycles. The lowest BCUT2D eigenvalue weighted by molar-refractivity contribution is -0.145. The van der Waals surface area contributed by atoms with Crippen molar-refractivity contribution >= 4 is 17.5 Å². The zero-order chi connectivity index (χ0) is 11.1. The number of ketones is 2. The molecule has 1 atom stereocenters. The first-order valence-corrected chi connectivity index (χ1v) is 3.78. The van der Waals surface area contributed by atoms with Gasteiger partial charge in [-0.3, -0.25) is 9.59 Å². The highest BCUT2D eigenvalue weighted by Gasteiger charge is 2.01. The highest BCUT2D eigenvalue weighted by Crippen LogP contribution is 1.90. The number of carbonyl (C=O) groups is 3. The second kappa shape index (κ2) is 5.82. The van der Waals surface area contributed by atoms with Gasteiger partial charge in [0.05, 0.1) is 0 Å². The molecule has 5 heteroatoms. The van der Waals surface area contributed by atoms with Crippen molar-refractivity contribution in [1.82, 2.24) is 0 Å². The second-order valence-electron chi connectivity index (χ2n) is 2.49. The van der Waals surface area contributed by atoms with E-state index >= 15 is 0 Å². The van der Waals surface area contributed by atoms with E-state index in [2.05, 4.69) is 0 Å². The molecule has 0 aromatic carbocycles. The third-order valence-corrected chi connectivity index (χ3v) is 1.18. The number of hydrogen-bond donors (Lipinski definition) is 2. The maximum atomic E-state index is 10.3. The number of aliphatic carboxylic acids is 1. The van der Waals surface area contributed by atoms with Crippen molar-refractivity contribution in [2.45, 2.75) is 13.0 Å².